The van der Waals surface area contributed by atoms with Crippen molar-refractivity contribution < 1.29 is 15.7 Å². The summed E-state index contributed by atoms with van der Waals surface area (Å²) in [6.45, 7) is 1.53. The van der Waals surface area contributed by atoms with Crippen molar-refractivity contribution in [3.8, 4) is 0 Å². The fourth-order valence-corrected chi connectivity index (χ4v) is 0.718. The van der Waals surface area contributed by atoms with Crippen LogP contribution in [0.25, 0.3) is 0 Å². The zero-order valence-corrected chi connectivity index (χ0v) is 6.69. The fourth-order valence-electron chi connectivity index (χ4n) is 0.718. The van der Waals surface area contributed by atoms with Crippen LogP contribution in [0.15, 0.2) is 24.3 Å². The number of benzene rings is 1. The number of Topliss-reactive ketones (excluding diaryl/α,β-unsaturated/α-hetero) is 1. The first-order valence-electron chi connectivity index (χ1n) is 3.06. The Labute approximate surface area is 72.4 Å². The summed E-state index contributed by atoms with van der Waals surface area (Å²) in [6, 6.07) is 6.88. The Morgan fingerprint density at radius 3 is 1.92 bits per heavy atom. The SMILES string of the molecule is [B+2]c1ccc(C(C)=O)cc1.[OH-].[OH-]. The van der Waals surface area contributed by atoms with Crippen LogP contribution in [0.2, 0.25) is 0 Å². The van der Waals surface area contributed by atoms with E-state index in [-0.39, 0.29) is 16.7 Å². The second-order valence-electron chi connectivity index (χ2n) is 2.18. The predicted molar refractivity (Wildman–Crippen MR) is 45.7 cm³/mol. The van der Waals surface area contributed by atoms with E-state index >= 15 is 0 Å². The van der Waals surface area contributed by atoms with E-state index in [9.17, 15) is 4.79 Å². The number of hydrogen-bond acceptors (Lipinski definition) is 3. The average Bonchev–Trinajstić information content (AvgIpc) is 1.88. The van der Waals surface area contributed by atoms with E-state index in [4.69, 9.17) is 7.85 Å². The first-order valence-corrected chi connectivity index (χ1v) is 3.06. The van der Waals surface area contributed by atoms with E-state index < -0.39 is 0 Å². The Morgan fingerprint density at radius 1 is 1.17 bits per heavy atom. The fraction of sp³-hybridized carbons (Fsp3) is 0.125. The maximum atomic E-state index is 10.7. The Kier molecular flexibility index (Phi) is 6.19. The van der Waals surface area contributed by atoms with Gasteiger partial charge in [0.2, 0.25) is 0 Å². The third kappa shape index (κ3) is 3.32. The smallest absolute Gasteiger partial charge is 0.870 e. The van der Waals surface area contributed by atoms with Crippen LogP contribution in [-0.4, -0.2) is 24.6 Å². The topological polar surface area (TPSA) is 77.1 Å². The molecule has 0 aliphatic heterocycles. The zero-order chi connectivity index (χ0) is 7.56. The van der Waals surface area contributed by atoms with Crippen LogP contribution in [0.4, 0.5) is 0 Å². The molecule has 0 atom stereocenters. The summed E-state index contributed by atoms with van der Waals surface area (Å²) in [5.41, 5.74) is 1.39. The molecule has 0 aromatic heterocycles. The molecule has 0 aliphatic rings. The summed E-state index contributed by atoms with van der Waals surface area (Å²) in [7, 11) is 5.42. The summed E-state index contributed by atoms with van der Waals surface area (Å²) >= 11 is 0. The van der Waals surface area contributed by atoms with Crippen molar-refractivity contribution in [3.05, 3.63) is 29.8 Å². The molecule has 1 aromatic rings. The van der Waals surface area contributed by atoms with Gasteiger partial charge in [-0.15, -0.1) is 0 Å². The predicted octanol–water partition coefficient (Wildman–Crippen LogP) is 0.329. The molecule has 2 N–H and O–H groups in total. The molecule has 0 unspecified atom stereocenters. The molecule has 0 radical (unpaired) electrons. The summed E-state index contributed by atoms with van der Waals surface area (Å²) in [6.07, 6.45) is 0. The molecule has 0 fully saturated rings. The molecule has 0 saturated carbocycles. The molecule has 1 aromatic carbocycles. The van der Waals surface area contributed by atoms with Crippen LogP contribution >= 0.6 is 0 Å². The van der Waals surface area contributed by atoms with E-state index in [0.717, 1.165) is 0 Å². The number of carbonyl (C=O) groups is 1. The number of carbonyl (C=O) groups excluding carboxylic acids is 1. The minimum atomic E-state index is 0. The maximum absolute atomic E-state index is 10.7. The molecule has 4 heteroatoms. The van der Waals surface area contributed by atoms with Crippen molar-refractivity contribution in [1.82, 2.24) is 0 Å². The zero-order valence-electron chi connectivity index (χ0n) is 6.69. The summed E-state index contributed by atoms with van der Waals surface area (Å²) in [4.78, 5) is 10.7. The third-order valence-corrected chi connectivity index (χ3v) is 1.32. The van der Waals surface area contributed by atoms with Gasteiger partial charge in [-0.3, -0.25) is 0 Å². The van der Waals surface area contributed by atoms with Crippen LogP contribution in [-0.2, 0) is 0 Å². The van der Waals surface area contributed by atoms with Crippen molar-refractivity contribution in [2.75, 3.05) is 0 Å². The minimum absolute atomic E-state index is 0. The van der Waals surface area contributed by atoms with Crippen molar-refractivity contribution in [2.45, 2.75) is 6.92 Å². The molecular formula is C8H9BO3. The Bertz CT molecular complexity index is 243. The van der Waals surface area contributed by atoms with Crippen LogP contribution < -0.4 is 5.46 Å². The second-order valence-corrected chi connectivity index (χ2v) is 2.18. The van der Waals surface area contributed by atoms with Gasteiger partial charge in [-0.25, -0.2) is 0 Å². The molecule has 1 rings (SSSR count). The van der Waals surface area contributed by atoms with Gasteiger partial charge in [-0.2, -0.15) is 0 Å². The minimum Gasteiger partial charge on any atom is -0.870 e. The molecular weight excluding hydrogens is 155 g/mol. The van der Waals surface area contributed by atoms with E-state index in [1.807, 2.05) is 0 Å². The second kappa shape index (κ2) is 5.52. The molecule has 0 aliphatic carbocycles. The van der Waals surface area contributed by atoms with Gasteiger partial charge in [0, 0.05) is 0 Å². The molecule has 0 bridgehead atoms. The van der Waals surface area contributed by atoms with E-state index in [1.165, 1.54) is 6.92 Å². The quantitative estimate of drug-likeness (QED) is 0.443. The van der Waals surface area contributed by atoms with Gasteiger partial charge in [0.25, 0.3) is 0 Å². The summed E-state index contributed by atoms with van der Waals surface area (Å²) < 4.78 is 0. The normalized spacial score (nSPS) is 7.92. The van der Waals surface area contributed by atoms with Gasteiger partial charge in [0.05, 0.1) is 0 Å². The maximum Gasteiger partial charge on any atom is -0.870 e. The molecule has 3 nitrogen and oxygen atoms in total. The van der Waals surface area contributed by atoms with E-state index in [2.05, 4.69) is 0 Å². The Morgan fingerprint density at radius 2 is 1.58 bits per heavy atom. The molecule has 0 saturated heterocycles. The van der Waals surface area contributed by atoms with Crippen LogP contribution in [0.3, 0.4) is 0 Å². The van der Waals surface area contributed by atoms with Crippen molar-refractivity contribution in [3.63, 3.8) is 0 Å². The Balaban J connectivity index is 0. The van der Waals surface area contributed by atoms with Gasteiger partial charge in [0.1, 0.15) is 0 Å². The molecule has 12 heavy (non-hydrogen) atoms. The number of ketones is 1. The van der Waals surface area contributed by atoms with E-state index in [1.54, 1.807) is 24.3 Å². The largest absolute Gasteiger partial charge is 0.870 e. The van der Waals surface area contributed by atoms with Crippen LogP contribution in [0.1, 0.15) is 17.3 Å². The Hall–Kier alpha value is -1.13. The molecule has 62 valence electrons. The number of rotatable bonds is 1. The van der Waals surface area contributed by atoms with Crippen LogP contribution in [0, 0.1) is 0 Å². The van der Waals surface area contributed by atoms with Crippen molar-refractivity contribution in [1.29, 1.82) is 0 Å². The standard InChI is InChI=1S/C8H7BO.2H2O/c1-6(10)7-2-4-8(9)5-3-7;;/h2-5H,1H3;2*1H2/q+2;;/p-2. The van der Waals surface area contributed by atoms with Gasteiger partial charge in [-0.1, -0.05) is 0 Å². The average molecular weight is 164 g/mol. The van der Waals surface area contributed by atoms with E-state index in [0.29, 0.717) is 11.0 Å². The first-order chi connectivity index (χ1) is 4.70. The van der Waals surface area contributed by atoms with Gasteiger partial charge in [0.15, 0.2) is 0 Å². The monoisotopic (exact) mass is 164 g/mol. The number of hydrogen-bond donors (Lipinski definition) is 0. The molecule has 0 amide bonds. The van der Waals surface area contributed by atoms with Gasteiger partial charge >= 0.3 is 60.6 Å². The van der Waals surface area contributed by atoms with Crippen molar-refractivity contribution >= 4 is 19.1 Å². The van der Waals surface area contributed by atoms with Gasteiger partial charge < -0.3 is 11.0 Å². The summed E-state index contributed by atoms with van der Waals surface area (Å²) in [5, 5.41) is 0. The van der Waals surface area contributed by atoms with Gasteiger partial charge in [-0.05, 0) is 0 Å². The molecule has 0 heterocycles. The van der Waals surface area contributed by atoms with Crippen LogP contribution in [0.5, 0.6) is 0 Å². The third-order valence-electron chi connectivity index (χ3n) is 1.32. The molecule has 0 spiro atoms. The van der Waals surface area contributed by atoms with Crippen molar-refractivity contribution in [2.24, 2.45) is 0 Å². The summed E-state index contributed by atoms with van der Waals surface area (Å²) in [5.74, 6) is 0.0694. The first kappa shape index (κ1) is 13.5.